The van der Waals surface area contributed by atoms with Crippen LogP contribution in [0.2, 0.25) is 10.0 Å². The van der Waals surface area contributed by atoms with Gasteiger partial charge in [0.15, 0.2) is 18.1 Å². The molecule has 3 aromatic carbocycles. The van der Waals surface area contributed by atoms with Gasteiger partial charge in [0.2, 0.25) is 0 Å². The maximum Gasteiger partial charge on any atom is 0.266 e. The first-order valence-electron chi connectivity index (χ1n) is 10.6. The summed E-state index contributed by atoms with van der Waals surface area (Å²) >= 11 is 14.0. The number of halogens is 3. The van der Waals surface area contributed by atoms with E-state index in [-0.39, 0.29) is 12.2 Å². The molecule has 0 spiro atoms. The van der Waals surface area contributed by atoms with Crippen LogP contribution in [-0.4, -0.2) is 25.0 Å². The number of hydrogen-bond donors (Lipinski definition) is 2. The van der Waals surface area contributed by atoms with E-state index in [1.54, 1.807) is 60.7 Å². The van der Waals surface area contributed by atoms with Crippen LogP contribution >= 0.6 is 45.8 Å². The maximum absolute atomic E-state index is 12.6. The summed E-state index contributed by atoms with van der Waals surface area (Å²) in [4.78, 5) is 25.0. The van der Waals surface area contributed by atoms with Crippen molar-refractivity contribution in [2.24, 2.45) is 0 Å². The van der Waals surface area contributed by atoms with E-state index in [2.05, 4.69) is 10.6 Å². The van der Waals surface area contributed by atoms with Crippen molar-refractivity contribution in [1.29, 1.82) is 5.26 Å². The molecule has 2 N–H and O–H groups in total. The Bertz CT molecular complexity index is 1340. The van der Waals surface area contributed by atoms with Gasteiger partial charge in [-0.1, -0.05) is 35.3 Å². The summed E-state index contributed by atoms with van der Waals surface area (Å²) in [5.74, 6) is -0.218. The molecule has 7 nitrogen and oxygen atoms in total. The molecule has 0 heterocycles. The highest BCUT2D eigenvalue weighted by atomic mass is 127. The van der Waals surface area contributed by atoms with Crippen molar-refractivity contribution in [3.63, 3.8) is 0 Å². The minimum atomic E-state index is -0.565. The average molecular weight is 636 g/mol. The van der Waals surface area contributed by atoms with Crippen LogP contribution < -0.4 is 20.1 Å². The molecular weight excluding hydrogens is 616 g/mol. The molecule has 0 atom stereocenters. The molecule has 36 heavy (non-hydrogen) atoms. The minimum absolute atomic E-state index is 0.101. The van der Waals surface area contributed by atoms with Crippen molar-refractivity contribution in [3.8, 4) is 17.6 Å². The molecule has 2 amide bonds. The number of para-hydroxylation sites is 1. The van der Waals surface area contributed by atoms with Crippen LogP contribution in [0.1, 0.15) is 12.5 Å². The molecule has 0 radical (unpaired) electrons. The van der Waals surface area contributed by atoms with Crippen molar-refractivity contribution < 1.29 is 19.1 Å². The summed E-state index contributed by atoms with van der Waals surface area (Å²) in [5.41, 5.74) is 1.44. The topological polar surface area (TPSA) is 100 Å². The van der Waals surface area contributed by atoms with Gasteiger partial charge in [0.05, 0.1) is 20.9 Å². The predicted molar refractivity (Wildman–Crippen MR) is 150 cm³/mol. The number of hydrogen-bond acceptors (Lipinski definition) is 5. The monoisotopic (exact) mass is 635 g/mol. The fourth-order valence-corrected chi connectivity index (χ4v) is 4.10. The van der Waals surface area contributed by atoms with Crippen LogP contribution in [0.15, 0.2) is 66.2 Å². The van der Waals surface area contributed by atoms with Crippen molar-refractivity contribution in [2.75, 3.05) is 23.8 Å². The molecule has 0 aliphatic heterocycles. The molecule has 184 valence electrons. The summed E-state index contributed by atoms with van der Waals surface area (Å²) < 4.78 is 12.1. The summed E-state index contributed by atoms with van der Waals surface area (Å²) in [6, 6.07) is 18.7. The Morgan fingerprint density at radius 1 is 1.06 bits per heavy atom. The van der Waals surface area contributed by atoms with Gasteiger partial charge in [-0.2, -0.15) is 5.26 Å². The largest absolute Gasteiger partial charge is 0.490 e. The summed E-state index contributed by atoms with van der Waals surface area (Å²) in [6.45, 7) is 1.88. The first-order chi connectivity index (χ1) is 17.3. The zero-order chi connectivity index (χ0) is 26.1. The lowest BCUT2D eigenvalue weighted by Gasteiger charge is -2.15. The van der Waals surface area contributed by atoms with E-state index in [1.807, 2.05) is 35.6 Å². The number of nitrogens with zero attached hydrogens (tertiary/aromatic N) is 1. The molecule has 3 rings (SSSR count). The van der Waals surface area contributed by atoms with Gasteiger partial charge in [-0.25, -0.2) is 0 Å². The van der Waals surface area contributed by atoms with E-state index in [1.165, 1.54) is 6.08 Å². The van der Waals surface area contributed by atoms with Gasteiger partial charge in [-0.05, 0) is 89.7 Å². The first kappa shape index (κ1) is 27.3. The van der Waals surface area contributed by atoms with Gasteiger partial charge >= 0.3 is 0 Å². The van der Waals surface area contributed by atoms with E-state index < -0.39 is 11.8 Å². The van der Waals surface area contributed by atoms with E-state index in [4.69, 9.17) is 32.7 Å². The number of nitriles is 1. The SMILES string of the molecule is CCOc1cc(/C=C(/C#N)C(=O)Nc2ccc(Cl)cc2)cc(I)c1OCC(=O)Nc1ccccc1Cl. The van der Waals surface area contributed by atoms with E-state index in [9.17, 15) is 14.9 Å². The van der Waals surface area contributed by atoms with Gasteiger partial charge in [0, 0.05) is 10.7 Å². The Labute approximate surface area is 232 Å². The normalized spacial score (nSPS) is 10.8. The highest BCUT2D eigenvalue weighted by Crippen LogP contribution is 2.35. The van der Waals surface area contributed by atoms with Gasteiger partial charge in [0.1, 0.15) is 11.6 Å². The van der Waals surface area contributed by atoms with Gasteiger partial charge < -0.3 is 20.1 Å². The molecule has 0 saturated carbocycles. The first-order valence-corrected chi connectivity index (χ1v) is 12.5. The molecule has 3 aromatic rings. The second-order valence-electron chi connectivity index (χ2n) is 7.21. The number of benzene rings is 3. The third kappa shape index (κ3) is 7.62. The molecule has 0 saturated heterocycles. The number of carbonyl (C=O) groups excluding carboxylic acids is 2. The zero-order valence-electron chi connectivity index (χ0n) is 19.0. The average Bonchev–Trinajstić information content (AvgIpc) is 2.85. The van der Waals surface area contributed by atoms with E-state index >= 15 is 0 Å². The lowest BCUT2D eigenvalue weighted by molar-refractivity contribution is -0.118. The fraction of sp³-hybridized carbons (Fsp3) is 0.115. The second-order valence-corrected chi connectivity index (χ2v) is 9.22. The fourth-order valence-electron chi connectivity index (χ4n) is 3.01. The lowest BCUT2D eigenvalue weighted by atomic mass is 10.1. The van der Waals surface area contributed by atoms with E-state index in [0.29, 0.717) is 48.7 Å². The number of anilines is 2. The minimum Gasteiger partial charge on any atom is -0.490 e. The number of nitrogens with one attached hydrogen (secondary N) is 2. The van der Waals surface area contributed by atoms with Crippen molar-refractivity contribution in [1.82, 2.24) is 0 Å². The number of ether oxygens (including phenoxy) is 2. The Kier molecular flexibility index (Phi) is 9.99. The van der Waals surface area contributed by atoms with Crippen molar-refractivity contribution >= 4 is 75.1 Å². The van der Waals surface area contributed by atoms with Crippen LogP contribution in [0, 0.1) is 14.9 Å². The zero-order valence-corrected chi connectivity index (χ0v) is 22.6. The quantitative estimate of drug-likeness (QED) is 0.158. The molecule has 0 aliphatic carbocycles. The Morgan fingerprint density at radius 2 is 1.78 bits per heavy atom. The molecule has 0 fully saturated rings. The molecular formula is C26H20Cl2IN3O4. The van der Waals surface area contributed by atoms with Crippen LogP contribution in [0.3, 0.4) is 0 Å². The predicted octanol–water partition coefficient (Wildman–Crippen LogP) is 6.56. The third-order valence-electron chi connectivity index (χ3n) is 4.61. The lowest BCUT2D eigenvalue weighted by Crippen LogP contribution is -2.21. The number of amides is 2. The summed E-state index contributed by atoms with van der Waals surface area (Å²) in [5, 5.41) is 15.9. The van der Waals surface area contributed by atoms with Gasteiger partial charge in [0.25, 0.3) is 11.8 Å². The molecule has 0 aliphatic rings. The summed E-state index contributed by atoms with van der Waals surface area (Å²) in [6.07, 6.45) is 1.45. The van der Waals surface area contributed by atoms with Crippen LogP contribution in [0.5, 0.6) is 11.5 Å². The van der Waals surface area contributed by atoms with E-state index in [0.717, 1.165) is 0 Å². The summed E-state index contributed by atoms with van der Waals surface area (Å²) in [7, 11) is 0. The van der Waals surface area contributed by atoms with Crippen LogP contribution in [0.4, 0.5) is 11.4 Å². The molecule has 10 heteroatoms. The van der Waals surface area contributed by atoms with Crippen molar-refractivity contribution in [3.05, 3.63) is 85.4 Å². The smallest absolute Gasteiger partial charge is 0.266 e. The molecule has 0 bridgehead atoms. The highest BCUT2D eigenvalue weighted by molar-refractivity contribution is 14.1. The Balaban J connectivity index is 1.77. The van der Waals surface area contributed by atoms with Crippen LogP contribution in [-0.2, 0) is 9.59 Å². The molecule has 0 aromatic heterocycles. The second kappa shape index (κ2) is 13.2. The number of carbonyl (C=O) groups is 2. The molecule has 0 unspecified atom stereocenters. The third-order valence-corrected chi connectivity index (χ3v) is 5.99. The number of rotatable bonds is 9. The van der Waals surface area contributed by atoms with Crippen LogP contribution in [0.25, 0.3) is 6.08 Å². The standard InChI is InChI=1S/C26H20Cl2IN3O4/c1-2-35-23-13-16(11-17(14-30)26(34)31-19-9-7-18(27)8-10-19)12-21(29)25(23)36-15-24(33)32-22-6-4-3-5-20(22)28/h3-13H,2,15H2,1H3,(H,31,34)(H,32,33)/b17-11-. The van der Waals surface area contributed by atoms with Gasteiger partial charge in [-0.15, -0.1) is 0 Å². The maximum atomic E-state index is 12.6. The van der Waals surface area contributed by atoms with Crippen molar-refractivity contribution in [2.45, 2.75) is 6.92 Å². The Hall–Kier alpha value is -3.26. The highest BCUT2D eigenvalue weighted by Gasteiger charge is 2.16. The van der Waals surface area contributed by atoms with Gasteiger partial charge in [-0.3, -0.25) is 9.59 Å². The Morgan fingerprint density at radius 3 is 2.44 bits per heavy atom.